The van der Waals surface area contributed by atoms with E-state index in [1.165, 1.54) is 0 Å². The van der Waals surface area contributed by atoms with Gasteiger partial charge in [0.15, 0.2) is 0 Å². The first-order valence-corrected chi connectivity index (χ1v) is 6.09. The van der Waals surface area contributed by atoms with Crippen LogP contribution in [0, 0.1) is 5.41 Å². The normalized spacial score (nSPS) is 11.3. The molecule has 5 heteroatoms. The lowest BCUT2D eigenvalue weighted by Crippen LogP contribution is -2.30. The van der Waals surface area contributed by atoms with Crippen LogP contribution in [0.4, 0.5) is 0 Å². The van der Waals surface area contributed by atoms with Crippen molar-refractivity contribution in [1.29, 1.82) is 0 Å². The highest BCUT2D eigenvalue weighted by atomic mass is 35.5. The van der Waals surface area contributed by atoms with Crippen molar-refractivity contribution >= 4 is 17.6 Å². The summed E-state index contributed by atoms with van der Waals surface area (Å²) >= 11 is 5.90. The zero-order chi connectivity index (χ0) is 13.8. The van der Waals surface area contributed by atoms with Gasteiger partial charge in [0.1, 0.15) is 12.4 Å². The van der Waals surface area contributed by atoms with Crippen molar-refractivity contribution in [3.8, 4) is 5.75 Å². The monoisotopic (exact) mass is 271 g/mol. The Balaban J connectivity index is 2.81. The molecule has 18 heavy (non-hydrogen) atoms. The maximum Gasteiger partial charge on any atom is 0.312 e. The highest BCUT2D eigenvalue weighted by Crippen LogP contribution is 2.25. The van der Waals surface area contributed by atoms with Crippen LogP contribution in [0.2, 0.25) is 5.02 Å². The molecule has 0 radical (unpaired) electrons. The van der Waals surface area contributed by atoms with Crippen molar-refractivity contribution in [2.45, 2.75) is 20.3 Å². The average molecular weight is 272 g/mol. The molecule has 0 fully saturated rings. The van der Waals surface area contributed by atoms with Gasteiger partial charge in [-0.05, 0) is 50.6 Å². The van der Waals surface area contributed by atoms with Crippen LogP contribution >= 0.6 is 11.6 Å². The number of ether oxygens (including phenoxy) is 1. The molecule has 1 aromatic carbocycles. The Hall–Kier alpha value is -1.26. The second kappa shape index (κ2) is 6.07. The lowest BCUT2D eigenvalue weighted by atomic mass is 9.95. The summed E-state index contributed by atoms with van der Waals surface area (Å²) in [5.41, 5.74) is 5.48. The zero-order valence-electron chi connectivity index (χ0n) is 10.6. The van der Waals surface area contributed by atoms with Gasteiger partial charge in [-0.25, -0.2) is 0 Å². The largest absolute Gasteiger partial charge is 0.492 e. The molecular formula is C13H18ClNO3. The third kappa shape index (κ3) is 3.89. The number of hydrogen-bond acceptors (Lipinski definition) is 3. The Morgan fingerprint density at radius 2 is 2.17 bits per heavy atom. The summed E-state index contributed by atoms with van der Waals surface area (Å²) in [5, 5.41) is 9.63. The Bertz CT molecular complexity index is 432. The number of nitrogens with two attached hydrogens (primary N) is 1. The summed E-state index contributed by atoms with van der Waals surface area (Å²) < 4.78 is 5.58. The molecule has 0 atom stereocenters. The summed E-state index contributed by atoms with van der Waals surface area (Å²) in [6, 6.07) is 5.24. The van der Waals surface area contributed by atoms with Gasteiger partial charge in [0, 0.05) is 5.02 Å². The van der Waals surface area contributed by atoms with E-state index >= 15 is 0 Å². The molecule has 0 aliphatic carbocycles. The van der Waals surface area contributed by atoms with E-state index in [-0.39, 0.29) is 6.61 Å². The Kier molecular flexibility index (Phi) is 4.99. The fourth-order valence-electron chi connectivity index (χ4n) is 1.36. The van der Waals surface area contributed by atoms with Crippen LogP contribution in [0.25, 0.3) is 0 Å². The Morgan fingerprint density at radius 3 is 2.72 bits per heavy atom. The molecule has 0 heterocycles. The maximum atomic E-state index is 11.0. The highest BCUT2D eigenvalue weighted by molar-refractivity contribution is 6.30. The number of halogens is 1. The van der Waals surface area contributed by atoms with Gasteiger partial charge in [0.05, 0.1) is 5.41 Å². The number of aliphatic carboxylic acids is 1. The van der Waals surface area contributed by atoms with E-state index in [9.17, 15) is 4.79 Å². The smallest absolute Gasteiger partial charge is 0.312 e. The van der Waals surface area contributed by atoms with E-state index in [2.05, 4.69) is 0 Å². The summed E-state index contributed by atoms with van der Waals surface area (Å²) in [6.07, 6.45) is 0.642. The lowest BCUT2D eigenvalue weighted by molar-refractivity contribution is -0.148. The topological polar surface area (TPSA) is 72.5 Å². The van der Waals surface area contributed by atoms with Crippen LogP contribution in [0.3, 0.4) is 0 Å². The number of hydrogen-bond donors (Lipinski definition) is 2. The minimum absolute atomic E-state index is 0.0987. The van der Waals surface area contributed by atoms with Crippen molar-refractivity contribution in [3.05, 3.63) is 28.8 Å². The third-order valence-corrected chi connectivity index (χ3v) is 2.84. The van der Waals surface area contributed by atoms with Crippen molar-refractivity contribution in [1.82, 2.24) is 0 Å². The van der Waals surface area contributed by atoms with Gasteiger partial charge in [-0.15, -0.1) is 0 Å². The fourth-order valence-corrected chi connectivity index (χ4v) is 1.55. The average Bonchev–Trinajstić information content (AvgIpc) is 2.28. The van der Waals surface area contributed by atoms with Crippen LogP contribution in [0.15, 0.2) is 18.2 Å². The predicted molar refractivity (Wildman–Crippen MR) is 71.1 cm³/mol. The molecule has 0 aliphatic heterocycles. The maximum absolute atomic E-state index is 11.0. The standard InChI is InChI=1S/C13H18ClNO3/c1-13(2,12(16)17)8-18-11-4-3-10(14)7-9(11)5-6-15/h3-4,7H,5-6,8,15H2,1-2H3,(H,16,17). The van der Waals surface area contributed by atoms with Crippen molar-refractivity contribution < 1.29 is 14.6 Å². The molecule has 0 spiro atoms. The second-order valence-corrected chi connectivity index (χ2v) is 5.20. The van der Waals surface area contributed by atoms with E-state index in [4.69, 9.17) is 27.2 Å². The number of rotatable bonds is 6. The number of carboxylic acids is 1. The SMILES string of the molecule is CC(C)(COc1ccc(Cl)cc1CCN)C(=O)O. The zero-order valence-corrected chi connectivity index (χ0v) is 11.3. The summed E-state index contributed by atoms with van der Waals surface area (Å²) in [4.78, 5) is 11.0. The molecule has 4 nitrogen and oxygen atoms in total. The van der Waals surface area contributed by atoms with E-state index in [0.29, 0.717) is 23.7 Å². The fraction of sp³-hybridized carbons (Fsp3) is 0.462. The lowest BCUT2D eigenvalue weighted by Gasteiger charge is -2.20. The summed E-state index contributed by atoms with van der Waals surface area (Å²) in [7, 11) is 0. The number of benzene rings is 1. The van der Waals surface area contributed by atoms with Gasteiger partial charge in [-0.3, -0.25) is 4.79 Å². The van der Waals surface area contributed by atoms with Crippen LogP contribution in [0.5, 0.6) is 5.75 Å². The summed E-state index contributed by atoms with van der Waals surface area (Å²) in [6.45, 7) is 3.82. The van der Waals surface area contributed by atoms with Gasteiger partial charge in [-0.1, -0.05) is 11.6 Å². The van der Waals surface area contributed by atoms with Crippen LogP contribution < -0.4 is 10.5 Å². The van der Waals surface area contributed by atoms with E-state index in [1.807, 2.05) is 0 Å². The van der Waals surface area contributed by atoms with Crippen LogP contribution in [0.1, 0.15) is 19.4 Å². The van der Waals surface area contributed by atoms with E-state index < -0.39 is 11.4 Å². The Labute approximate surface area is 112 Å². The molecule has 0 unspecified atom stereocenters. The van der Waals surface area contributed by atoms with Crippen LogP contribution in [-0.2, 0) is 11.2 Å². The highest BCUT2D eigenvalue weighted by Gasteiger charge is 2.28. The molecule has 1 rings (SSSR count). The minimum atomic E-state index is -0.931. The van der Waals surface area contributed by atoms with Crippen molar-refractivity contribution in [3.63, 3.8) is 0 Å². The van der Waals surface area contributed by atoms with E-state index in [0.717, 1.165) is 5.56 Å². The first-order valence-electron chi connectivity index (χ1n) is 5.71. The van der Waals surface area contributed by atoms with Gasteiger partial charge in [-0.2, -0.15) is 0 Å². The number of carboxylic acid groups (broad SMARTS) is 1. The van der Waals surface area contributed by atoms with Gasteiger partial charge in [0.25, 0.3) is 0 Å². The van der Waals surface area contributed by atoms with Crippen molar-refractivity contribution in [2.75, 3.05) is 13.2 Å². The number of carbonyl (C=O) groups is 1. The van der Waals surface area contributed by atoms with Gasteiger partial charge in [0.2, 0.25) is 0 Å². The molecule has 0 aromatic heterocycles. The van der Waals surface area contributed by atoms with E-state index in [1.54, 1.807) is 32.0 Å². The molecule has 0 amide bonds. The molecule has 3 N–H and O–H groups in total. The van der Waals surface area contributed by atoms with Gasteiger partial charge >= 0.3 is 5.97 Å². The first-order chi connectivity index (χ1) is 8.36. The predicted octanol–water partition coefficient (Wildman–Crippen LogP) is 2.33. The second-order valence-electron chi connectivity index (χ2n) is 4.77. The van der Waals surface area contributed by atoms with Crippen molar-refractivity contribution in [2.24, 2.45) is 11.1 Å². The molecule has 1 aromatic rings. The molecule has 0 bridgehead atoms. The first kappa shape index (κ1) is 14.8. The molecular weight excluding hydrogens is 254 g/mol. The minimum Gasteiger partial charge on any atom is -0.492 e. The van der Waals surface area contributed by atoms with Gasteiger partial charge < -0.3 is 15.6 Å². The Morgan fingerprint density at radius 1 is 1.50 bits per heavy atom. The molecule has 0 aliphatic rings. The molecule has 0 saturated heterocycles. The van der Waals surface area contributed by atoms with Crippen LogP contribution in [-0.4, -0.2) is 24.2 Å². The summed E-state index contributed by atoms with van der Waals surface area (Å²) in [5.74, 6) is -0.254. The third-order valence-electron chi connectivity index (χ3n) is 2.60. The quantitative estimate of drug-likeness (QED) is 0.833. The molecule has 100 valence electrons. The molecule has 0 saturated carbocycles.